The highest BCUT2D eigenvalue weighted by molar-refractivity contribution is 6.32. The number of anilines is 1. The number of aromatic nitrogens is 2. The fourth-order valence-corrected chi connectivity index (χ4v) is 1.77. The van der Waals surface area contributed by atoms with Crippen LogP contribution in [-0.2, 0) is 4.79 Å². The molecule has 1 amide bonds. The number of nitrogens with one attached hydrogen (secondary N) is 2. The molecule has 1 heterocycles. The van der Waals surface area contributed by atoms with Gasteiger partial charge in [0.2, 0.25) is 0 Å². The lowest BCUT2D eigenvalue weighted by atomic mass is 10.1. The van der Waals surface area contributed by atoms with E-state index in [2.05, 4.69) is 15.5 Å². The van der Waals surface area contributed by atoms with Crippen LogP contribution in [0.25, 0.3) is 0 Å². The monoisotopic (exact) mass is 293 g/mol. The van der Waals surface area contributed by atoms with Crippen LogP contribution >= 0.6 is 11.6 Å². The molecule has 5 nitrogen and oxygen atoms in total. The first-order chi connectivity index (χ1) is 9.56. The smallest absolute Gasteiger partial charge is 0.263 e. The fourth-order valence-electron chi connectivity index (χ4n) is 1.58. The summed E-state index contributed by atoms with van der Waals surface area (Å²) in [5, 5.41) is 10.0. The van der Waals surface area contributed by atoms with Gasteiger partial charge in [0.25, 0.3) is 5.91 Å². The Hall–Kier alpha value is -2.01. The van der Waals surface area contributed by atoms with E-state index in [4.69, 9.17) is 16.3 Å². The zero-order chi connectivity index (χ0) is 14.5. The van der Waals surface area contributed by atoms with Crippen molar-refractivity contribution in [2.75, 3.05) is 11.9 Å². The first-order valence-corrected chi connectivity index (χ1v) is 6.66. The molecule has 2 aromatic rings. The topological polar surface area (TPSA) is 67.0 Å². The van der Waals surface area contributed by atoms with Crippen LogP contribution in [0.15, 0.2) is 30.3 Å². The number of para-hydroxylation sites is 1. The third kappa shape index (κ3) is 3.74. The van der Waals surface area contributed by atoms with Crippen LogP contribution in [0.1, 0.15) is 25.5 Å². The quantitative estimate of drug-likeness (QED) is 0.889. The van der Waals surface area contributed by atoms with E-state index < -0.39 is 0 Å². The van der Waals surface area contributed by atoms with Crippen molar-refractivity contribution < 1.29 is 9.53 Å². The van der Waals surface area contributed by atoms with Gasteiger partial charge in [-0.2, -0.15) is 5.10 Å². The van der Waals surface area contributed by atoms with E-state index in [1.807, 2.05) is 13.8 Å². The van der Waals surface area contributed by atoms with Gasteiger partial charge < -0.3 is 10.1 Å². The fraction of sp³-hybridized carbons (Fsp3) is 0.286. The molecule has 20 heavy (non-hydrogen) atoms. The van der Waals surface area contributed by atoms with Crippen molar-refractivity contribution >= 4 is 23.3 Å². The summed E-state index contributed by atoms with van der Waals surface area (Å²) in [5.41, 5.74) is 0.965. The average Bonchev–Trinajstić information content (AvgIpc) is 2.86. The van der Waals surface area contributed by atoms with Crippen molar-refractivity contribution in [3.05, 3.63) is 41.0 Å². The second-order valence-corrected chi connectivity index (χ2v) is 5.04. The number of aromatic amines is 1. The number of carbonyl (C=O) groups is 1. The molecule has 1 aromatic carbocycles. The first-order valence-electron chi connectivity index (χ1n) is 6.28. The van der Waals surface area contributed by atoms with Crippen LogP contribution in [0.5, 0.6) is 5.75 Å². The second-order valence-electron chi connectivity index (χ2n) is 4.63. The summed E-state index contributed by atoms with van der Waals surface area (Å²) in [6.45, 7) is 3.97. The Kier molecular flexibility index (Phi) is 4.63. The number of nitrogens with zero attached hydrogens (tertiary/aromatic N) is 1. The molecule has 1 aromatic heterocycles. The minimum atomic E-state index is -0.285. The molecule has 0 bridgehead atoms. The standard InChI is InChI=1S/C14H16ClN3O2/c1-9(2)11-7-13(18-17-11)16-14(19)8-20-12-6-4-3-5-10(12)15/h3-7,9H,8H2,1-2H3,(H2,16,17,18,19). The van der Waals surface area contributed by atoms with Gasteiger partial charge in [0.05, 0.1) is 5.02 Å². The second kappa shape index (κ2) is 6.43. The number of ether oxygens (including phenoxy) is 1. The lowest BCUT2D eigenvalue weighted by molar-refractivity contribution is -0.118. The molecule has 0 radical (unpaired) electrons. The highest BCUT2D eigenvalue weighted by Crippen LogP contribution is 2.23. The van der Waals surface area contributed by atoms with Crippen LogP contribution < -0.4 is 10.1 Å². The highest BCUT2D eigenvalue weighted by Gasteiger charge is 2.09. The molecule has 6 heteroatoms. The van der Waals surface area contributed by atoms with Crippen LogP contribution in [0.4, 0.5) is 5.82 Å². The Bertz CT molecular complexity index is 596. The summed E-state index contributed by atoms with van der Waals surface area (Å²) in [6.07, 6.45) is 0. The van der Waals surface area contributed by atoms with E-state index in [0.717, 1.165) is 5.69 Å². The number of benzene rings is 1. The van der Waals surface area contributed by atoms with Crippen molar-refractivity contribution in [3.63, 3.8) is 0 Å². The maximum absolute atomic E-state index is 11.7. The molecule has 0 saturated carbocycles. The largest absolute Gasteiger partial charge is 0.482 e. The Balaban J connectivity index is 1.88. The van der Waals surface area contributed by atoms with Crippen LogP contribution in [0, 0.1) is 0 Å². The molecule has 2 rings (SSSR count). The number of rotatable bonds is 5. The summed E-state index contributed by atoms with van der Waals surface area (Å²) >= 11 is 5.93. The van der Waals surface area contributed by atoms with Crippen LogP contribution in [0.2, 0.25) is 5.02 Å². The van der Waals surface area contributed by atoms with Gasteiger partial charge in [0, 0.05) is 11.8 Å². The lowest BCUT2D eigenvalue weighted by Gasteiger charge is -2.07. The lowest BCUT2D eigenvalue weighted by Crippen LogP contribution is -2.20. The zero-order valence-corrected chi connectivity index (χ0v) is 12.1. The van der Waals surface area contributed by atoms with Gasteiger partial charge >= 0.3 is 0 Å². The van der Waals surface area contributed by atoms with Gasteiger partial charge in [0.1, 0.15) is 5.75 Å². The average molecular weight is 294 g/mol. The van der Waals surface area contributed by atoms with Gasteiger partial charge in [-0.05, 0) is 18.1 Å². The predicted octanol–water partition coefficient (Wildman–Crippen LogP) is 3.20. The summed E-state index contributed by atoms with van der Waals surface area (Å²) in [4.78, 5) is 11.7. The first kappa shape index (κ1) is 14.4. The molecule has 0 aliphatic heterocycles. The van der Waals surface area contributed by atoms with Gasteiger partial charge in [-0.3, -0.25) is 9.89 Å². The molecule has 106 valence electrons. The zero-order valence-electron chi connectivity index (χ0n) is 11.3. The third-order valence-corrected chi connectivity index (χ3v) is 2.99. The molecule has 0 spiro atoms. The number of amides is 1. The van der Waals surface area contributed by atoms with E-state index >= 15 is 0 Å². The number of hydrogen-bond acceptors (Lipinski definition) is 3. The Morgan fingerprint density at radius 2 is 2.20 bits per heavy atom. The van der Waals surface area contributed by atoms with E-state index in [9.17, 15) is 4.79 Å². The molecule has 0 aliphatic carbocycles. The molecule has 0 aliphatic rings. The van der Waals surface area contributed by atoms with Gasteiger partial charge in [-0.15, -0.1) is 0 Å². The Morgan fingerprint density at radius 1 is 1.45 bits per heavy atom. The van der Waals surface area contributed by atoms with Crippen molar-refractivity contribution in [2.45, 2.75) is 19.8 Å². The SMILES string of the molecule is CC(C)c1cc(NC(=O)COc2ccccc2Cl)n[nH]1. The van der Waals surface area contributed by atoms with Gasteiger partial charge in [0.15, 0.2) is 12.4 Å². The van der Waals surface area contributed by atoms with E-state index in [1.54, 1.807) is 30.3 Å². The minimum Gasteiger partial charge on any atom is -0.482 e. The van der Waals surface area contributed by atoms with Gasteiger partial charge in [-0.1, -0.05) is 37.6 Å². The summed E-state index contributed by atoms with van der Waals surface area (Å²) < 4.78 is 5.34. The molecule has 0 atom stereocenters. The van der Waals surface area contributed by atoms with E-state index in [0.29, 0.717) is 22.5 Å². The van der Waals surface area contributed by atoms with Crippen LogP contribution in [0.3, 0.4) is 0 Å². The number of halogens is 1. The molecule has 0 unspecified atom stereocenters. The molecule has 0 fully saturated rings. The van der Waals surface area contributed by atoms with Crippen molar-refractivity contribution in [1.82, 2.24) is 10.2 Å². The number of carbonyl (C=O) groups excluding carboxylic acids is 1. The normalized spacial score (nSPS) is 10.6. The molecular weight excluding hydrogens is 278 g/mol. The number of hydrogen-bond donors (Lipinski definition) is 2. The van der Waals surface area contributed by atoms with Crippen molar-refractivity contribution in [1.29, 1.82) is 0 Å². The molecule has 0 saturated heterocycles. The highest BCUT2D eigenvalue weighted by atomic mass is 35.5. The van der Waals surface area contributed by atoms with Crippen molar-refractivity contribution in [3.8, 4) is 5.75 Å². The predicted molar refractivity (Wildman–Crippen MR) is 78.3 cm³/mol. The maximum atomic E-state index is 11.7. The summed E-state index contributed by atoms with van der Waals surface area (Å²) in [6, 6.07) is 8.81. The summed E-state index contributed by atoms with van der Waals surface area (Å²) in [5.74, 6) is 1.01. The summed E-state index contributed by atoms with van der Waals surface area (Å²) in [7, 11) is 0. The maximum Gasteiger partial charge on any atom is 0.263 e. The van der Waals surface area contributed by atoms with Crippen molar-refractivity contribution in [2.24, 2.45) is 0 Å². The van der Waals surface area contributed by atoms with Gasteiger partial charge in [-0.25, -0.2) is 0 Å². The minimum absolute atomic E-state index is 0.117. The third-order valence-electron chi connectivity index (χ3n) is 2.68. The Morgan fingerprint density at radius 3 is 2.85 bits per heavy atom. The van der Waals surface area contributed by atoms with Crippen LogP contribution in [-0.4, -0.2) is 22.7 Å². The van der Waals surface area contributed by atoms with E-state index in [-0.39, 0.29) is 12.5 Å². The molecular formula is C14H16ClN3O2. The Labute approximate surface area is 122 Å². The van der Waals surface area contributed by atoms with E-state index in [1.165, 1.54) is 0 Å². The molecule has 2 N–H and O–H groups in total. The number of H-pyrrole nitrogens is 1.